The fraction of sp³-hybridized carbons (Fsp3) is 0.667. The van der Waals surface area contributed by atoms with Crippen molar-refractivity contribution in [2.24, 2.45) is 0 Å². The maximum Gasteiger partial charge on any atom is 0.274 e. The Hall–Kier alpha value is -0.170. The van der Waals surface area contributed by atoms with E-state index in [1.165, 1.54) is 11.3 Å². The topological polar surface area (TPSA) is 34.6 Å². The van der Waals surface area contributed by atoms with Crippen LogP contribution >= 0.6 is 27.3 Å². The molecule has 0 unspecified atom stereocenters. The summed E-state index contributed by atoms with van der Waals surface area (Å²) in [5.41, 5.74) is 0. The summed E-state index contributed by atoms with van der Waals surface area (Å²) in [6.07, 6.45) is 0. The molecule has 1 aliphatic heterocycles. The highest BCUT2D eigenvalue weighted by Crippen LogP contribution is 2.21. The summed E-state index contributed by atoms with van der Waals surface area (Å²) in [6, 6.07) is 0. The lowest BCUT2D eigenvalue weighted by Crippen LogP contribution is -2.38. The largest absolute Gasteiger partial charge is 0.469 e. The fourth-order valence-corrected chi connectivity index (χ4v) is 2.50. The minimum Gasteiger partial charge on any atom is -0.469 e. The zero-order valence-electron chi connectivity index (χ0n) is 8.32. The Balaban J connectivity index is 1.65. The second-order valence-corrected chi connectivity index (χ2v) is 4.87. The summed E-state index contributed by atoms with van der Waals surface area (Å²) in [5, 5.41) is 2.65. The van der Waals surface area contributed by atoms with Crippen molar-refractivity contribution < 1.29 is 9.47 Å². The van der Waals surface area contributed by atoms with Crippen molar-refractivity contribution in [2.75, 3.05) is 39.5 Å². The van der Waals surface area contributed by atoms with Crippen molar-refractivity contribution in [3.8, 4) is 5.19 Å². The molecule has 2 heterocycles. The van der Waals surface area contributed by atoms with Crippen molar-refractivity contribution in [3.63, 3.8) is 0 Å². The van der Waals surface area contributed by atoms with Crippen LogP contribution in [0.1, 0.15) is 0 Å². The number of ether oxygens (including phenoxy) is 2. The van der Waals surface area contributed by atoms with Crippen LogP contribution in [0.4, 0.5) is 0 Å². The first kappa shape index (κ1) is 11.3. The molecule has 84 valence electrons. The van der Waals surface area contributed by atoms with Crippen LogP contribution in [-0.4, -0.2) is 49.3 Å². The van der Waals surface area contributed by atoms with Gasteiger partial charge in [0.05, 0.1) is 13.2 Å². The Morgan fingerprint density at radius 2 is 2.33 bits per heavy atom. The number of morpholine rings is 1. The van der Waals surface area contributed by atoms with Gasteiger partial charge in [-0.1, -0.05) is 11.3 Å². The van der Waals surface area contributed by atoms with Gasteiger partial charge in [-0.25, -0.2) is 0 Å². The minimum absolute atomic E-state index is 0.694. The molecule has 0 bridgehead atoms. The Morgan fingerprint density at radius 3 is 3.00 bits per heavy atom. The minimum atomic E-state index is 0.694. The van der Waals surface area contributed by atoms with Crippen molar-refractivity contribution in [2.45, 2.75) is 0 Å². The van der Waals surface area contributed by atoms with E-state index >= 15 is 0 Å². The van der Waals surface area contributed by atoms with E-state index in [0.717, 1.165) is 42.6 Å². The first-order chi connectivity index (χ1) is 7.34. The van der Waals surface area contributed by atoms with Gasteiger partial charge in [0.2, 0.25) is 0 Å². The number of nitrogens with zero attached hydrogens (tertiary/aromatic N) is 2. The smallest absolute Gasteiger partial charge is 0.274 e. The first-order valence-electron chi connectivity index (χ1n) is 4.88. The molecule has 6 heteroatoms. The highest BCUT2D eigenvalue weighted by Gasteiger charge is 2.10. The number of thiazole rings is 1. The van der Waals surface area contributed by atoms with Crippen LogP contribution in [0.5, 0.6) is 5.19 Å². The molecule has 0 aliphatic carbocycles. The average Bonchev–Trinajstić information content (AvgIpc) is 2.66. The molecule has 4 nitrogen and oxygen atoms in total. The predicted octanol–water partition coefficient (Wildman–Crippen LogP) is 1.62. The molecular formula is C9H13BrN2O2S. The molecule has 0 atom stereocenters. The third-order valence-corrected chi connectivity index (χ3v) is 3.65. The second kappa shape index (κ2) is 5.79. The summed E-state index contributed by atoms with van der Waals surface area (Å²) in [4.78, 5) is 6.50. The Morgan fingerprint density at radius 1 is 1.53 bits per heavy atom. The van der Waals surface area contributed by atoms with Crippen LogP contribution in [-0.2, 0) is 4.74 Å². The van der Waals surface area contributed by atoms with Gasteiger partial charge in [0.1, 0.15) is 11.2 Å². The number of halogens is 1. The van der Waals surface area contributed by atoms with Gasteiger partial charge in [-0.2, -0.15) is 4.98 Å². The molecule has 0 amide bonds. The first-order valence-corrected chi connectivity index (χ1v) is 6.56. The summed E-state index contributed by atoms with van der Waals surface area (Å²) in [7, 11) is 0. The van der Waals surface area contributed by atoms with Gasteiger partial charge < -0.3 is 9.47 Å². The van der Waals surface area contributed by atoms with E-state index in [0.29, 0.717) is 6.61 Å². The molecule has 1 aliphatic rings. The van der Waals surface area contributed by atoms with Gasteiger partial charge in [-0.05, 0) is 15.9 Å². The summed E-state index contributed by atoms with van der Waals surface area (Å²) in [6.45, 7) is 5.32. The molecule has 1 saturated heterocycles. The number of hydrogen-bond donors (Lipinski definition) is 0. The SMILES string of the molecule is Brc1csc(OCCN2CCOCC2)n1. The molecule has 0 aromatic carbocycles. The number of aromatic nitrogens is 1. The maximum atomic E-state index is 5.52. The lowest BCUT2D eigenvalue weighted by molar-refractivity contribution is 0.0322. The van der Waals surface area contributed by atoms with Gasteiger partial charge in [0, 0.05) is 25.0 Å². The monoisotopic (exact) mass is 292 g/mol. The van der Waals surface area contributed by atoms with E-state index in [4.69, 9.17) is 9.47 Å². The normalized spacial score (nSPS) is 17.9. The predicted molar refractivity (Wildman–Crippen MR) is 62.6 cm³/mol. The lowest BCUT2D eigenvalue weighted by atomic mass is 10.4. The van der Waals surface area contributed by atoms with Crippen molar-refractivity contribution in [3.05, 3.63) is 9.98 Å². The second-order valence-electron chi connectivity index (χ2n) is 3.24. The fourth-order valence-electron chi connectivity index (χ4n) is 1.39. The van der Waals surface area contributed by atoms with E-state index in [2.05, 4.69) is 25.8 Å². The van der Waals surface area contributed by atoms with Crippen LogP contribution in [0.3, 0.4) is 0 Å². The van der Waals surface area contributed by atoms with Crippen LogP contribution in [0.2, 0.25) is 0 Å². The third-order valence-electron chi connectivity index (χ3n) is 2.19. The average molecular weight is 293 g/mol. The Kier molecular flexibility index (Phi) is 4.37. The van der Waals surface area contributed by atoms with E-state index in [-0.39, 0.29) is 0 Å². The summed E-state index contributed by atoms with van der Waals surface area (Å²) >= 11 is 4.81. The van der Waals surface area contributed by atoms with Gasteiger partial charge >= 0.3 is 0 Å². The van der Waals surface area contributed by atoms with Crippen LogP contribution in [0.25, 0.3) is 0 Å². The van der Waals surface area contributed by atoms with E-state index in [1.807, 2.05) is 5.38 Å². The molecule has 2 rings (SSSR count). The zero-order chi connectivity index (χ0) is 10.5. The Bertz CT molecular complexity index is 302. The van der Waals surface area contributed by atoms with Gasteiger partial charge in [0.15, 0.2) is 0 Å². The maximum absolute atomic E-state index is 5.52. The Labute approximate surface area is 101 Å². The lowest BCUT2D eigenvalue weighted by Gasteiger charge is -2.26. The molecule has 1 aromatic rings. The zero-order valence-corrected chi connectivity index (χ0v) is 10.7. The van der Waals surface area contributed by atoms with E-state index < -0.39 is 0 Å². The van der Waals surface area contributed by atoms with Crippen molar-refractivity contribution >= 4 is 27.3 Å². The van der Waals surface area contributed by atoms with Crippen LogP contribution < -0.4 is 4.74 Å². The molecule has 1 fully saturated rings. The van der Waals surface area contributed by atoms with Gasteiger partial charge in [0.25, 0.3) is 5.19 Å². The highest BCUT2D eigenvalue weighted by atomic mass is 79.9. The highest BCUT2D eigenvalue weighted by molar-refractivity contribution is 9.10. The summed E-state index contributed by atoms with van der Waals surface area (Å²) in [5.74, 6) is 0. The van der Waals surface area contributed by atoms with Gasteiger partial charge in [-0.15, -0.1) is 0 Å². The van der Waals surface area contributed by atoms with Crippen LogP contribution in [0.15, 0.2) is 9.98 Å². The van der Waals surface area contributed by atoms with Gasteiger partial charge in [-0.3, -0.25) is 4.90 Å². The summed E-state index contributed by atoms with van der Waals surface area (Å²) < 4.78 is 11.6. The third kappa shape index (κ3) is 3.71. The van der Waals surface area contributed by atoms with Crippen molar-refractivity contribution in [1.82, 2.24) is 9.88 Å². The number of hydrogen-bond acceptors (Lipinski definition) is 5. The quantitative estimate of drug-likeness (QED) is 0.845. The molecule has 0 saturated carbocycles. The van der Waals surface area contributed by atoms with E-state index in [9.17, 15) is 0 Å². The number of rotatable bonds is 4. The molecule has 0 spiro atoms. The molecule has 1 aromatic heterocycles. The standard InChI is InChI=1S/C9H13BrN2O2S/c10-8-7-15-9(11-8)14-6-3-12-1-4-13-5-2-12/h7H,1-6H2. The van der Waals surface area contributed by atoms with Crippen molar-refractivity contribution in [1.29, 1.82) is 0 Å². The molecule has 0 N–H and O–H groups in total. The molecule has 0 radical (unpaired) electrons. The van der Waals surface area contributed by atoms with Crippen LogP contribution in [0, 0.1) is 0 Å². The van der Waals surface area contributed by atoms with E-state index in [1.54, 1.807) is 0 Å². The molecular weight excluding hydrogens is 280 g/mol. The molecule has 15 heavy (non-hydrogen) atoms.